The van der Waals surface area contributed by atoms with Gasteiger partial charge in [0.1, 0.15) is 5.82 Å². The molecular weight excluding hydrogens is 206 g/mol. The monoisotopic (exact) mass is 219 g/mol. The molecule has 0 radical (unpaired) electrons. The summed E-state index contributed by atoms with van der Waals surface area (Å²) in [5.74, 6) is 2.02. The first kappa shape index (κ1) is 10.9. The van der Waals surface area contributed by atoms with Gasteiger partial charge in [-0.2, -0.15) is 11.8 Å². The molecule has 0 fully saturated rings. The van der Waals surface area contributed by atoms with Gasteiger partial charge < -0.3 is 0 Å². The zero-order valence-electron chi connectivity index (χ0n) is 8.12. The highest BCUT2D eigenvalue weighted by atomic mass is 35.5. The minimum atomic E-state index is 0.384. The molecule has 5 heteroatoms. The molecule has 0 saturated carbocycles. The molecule has 3 nitrogen and oxygen atoms in total. The molecule has 1 atom stereocenters. The molecule has 1 aromatic heterocycles. The van der Waals surface area contributed by atoms with Crippen LogP contribution in [0.4, 0.5) is 0 Å². The molecule has 0 aliphatic heterocycles. The normalized spacial score (nSPS) is 13.2. The second-order valence-corrected chi connectivity index (χ2v) is 4.34. The molecule has 1 unspecified atom stereocenters. The number of hydrogen-bond donors (Lipinski definition) is 0. The number of rotatable bonds is 4. The zero-order valence-corrected chi connectivity index (χ0v) is 9.69. The second kappa shape index (κ2) is 4.86. The number of aromatic nitrogens is 3. The first-order chi connectivity index (χ1) is 6.16. The highest BCUT2D eigenvalue weighted by molar-refractivity contribution is 7.98. The van der Waals surface area contributed by atoms with E-state index in [9.17, 15) is 0 Å². The standard InChI is InChI=1S/C8H14ClN3S/c1-6(4-5-13-3)12-7(2)10-11-8(12)9/h6H,4-5H2,1-3H3. The summed E-state index contributed by atoms with van der Waals surface area (Å²) in [5, 5.41) is 8.23. The summed E-state index contributed by atoms with van der Waals surface area (Å²) in [4.78, 5) is 0. The van der Waals surface area contributed by atoms with E-state index in [0.717, 1.165) is 18.0 Å². The van der Waals surface area contributed by atoms with Gasteiger partial charge in [-0.25, -0.2) is 0 Å². The summed E-state index contributed by atoms with van der Waals surface area (Å²) in [6, 6.07) is 0.384. The number of aryl methyl sites for hydroxylation is 1. The number of nitrogens with zero attached hydrogens (tertiary/aromatic N) is 3. The lowest BCUT2D eigenvalue weighted by Crippen LogP contribution is -2.08. The lowest BCUT2D eigenvalue weighted by molar-refractivity contribution is 0.521. The average molecular weight is 220 g/mol. The molecule has 0 aliphatic rings. The summed E-state index contributed by atoms with van der Waals surface area (Å²) < 4.78 is 1.97. The third-order valence-corrected chi connectivity index (χ3v) is 2.91. The molecule has 1 heterocycles. The van der Waals surface area contributed by atoms with Gasteiger partial charge in [-0.05, 0) is 43.9 Å². The fourth-order valence-corrected chi connectivity index (χ4v) is 2.17. The largest absolute Gasteiger partial charge is 0.299 e. The van der Waals surface area contributed by atoms with Crippen molar-refractivity contribution in [3.05, 3.63) is 11.1 Å². The molecular formula is C8H14ClN3S. The van der Waals surface area contributed by atoms with Gasteiger partial charge >= 0.3 is 0 Å². The predicted molar refractivity (Wildman–Crippen MR) is 57.5 cm³/mol. The summed E-state index contributed by atoms with van der Waals surface area (Å²) in [5.41, 5.74) is 0. The van der Waals surface area contributed by atoms with Gasteiger partial charge in [0.2, 0.25) is 5.28 Å². The highest BCUT2D eigenvalue weighted by Crippen LogP contribution is 2.19. The van der Waals surface area contributed by atoms with Gasteiger partial charge in [-0.15, -0.1) is 10.2 Å². The Hall–Kier alpha value is -0.220. The van der Waals surface area contributed by atoms with Crippen LogP contribution in [0.25, 0.3) is 0 Å². The van der Waals surface area contributed by atoms with Crippen LogP contribution in [0.2, 0.25) is 5.28 Å². The van der Waals surface area contributed by atoms with Crippen molar-refractivity contribution in [2.24, 2.45) is 0 Å². The van der Waals surface area contributed by atoms with E-state index in [4.69, 9.17) is 11.6 Å². The Morgan fingerprint density at radius 3 is 2.69 bits per heavy atom. The molecule has 0 aromatic carbocycles. The van der Waals surface area contributed by atoms with Gasteiger partial charge in [-0.1, -0.05) is 0 Å². The van der Waals surface area contributed by atoms with Crippen LogP contribution in [0.15, 0.2) is 0 Å². The van der Waals surface area contributed by atoms with Crippen LogP contribution in [0.5, 0.6) is 0 Å². The molecule has 0 saturated heterocycles. The van der Waals surface area contributed by atoms with Gasteiger partial charge in [0, 0.05) is 6.04 Å². The molecule has 74 valence electrons. The SMILES string of the molecule is CSCCC(C)n1c(C)nnc1Cl. The molecule has 1 aromatic rings. The van der Waals surface area contributed by atoms with Crippen molar-refractivity contribution in [2.75, 3.05) is 12.0 Å². The van der Waals surface area contributed by atoms with Crippen molar-refractivity contribution in [3.63, 3.8) is 0 Å². The van der Waals surface area contributed by atoms with Crippen molar-refractivity contribution < 1.29 is 0 Å². The Balaban J connectivity index is 2.69. The molecule has 1 rings (SSSR count). The van der Waals surface area contributed by atoms with E-state index >= 15 is 0 Å². The van der Waals surface area contributed by atoms with E-state index in [1.807, 2.05) is 23.3 Å². The Labute approximate surface area is 87.9 Å². The minimum Gasteiger partial charge on any atom is -0.299 e. The predicted octanol–water partition coefficient (Wildman–Crippen LogP) is 2.55. The second-order valence-electron chi connectivity index (χ2n) is 3.02. The molecule has 0 spiro atoms. The van der Waals surface area contributed by atoms with Crippen molar-refractivity contribution >= 4 is 23.4 Å². The van der Waals surface area contributed by atoms with E-state index in [2.05, 4.69) is 23.4 Å². The number of thioether (sulfide) groups is 1. The van der Waals surface area contributed by atoms with Crippen LogP contribution >= 0.6 is 23.4 Å². The number of hydrogen-bond acceptors (Lipinski definition) is 3. The van der Waals surface area contributed by atoms with Crippen LogP contribution in [0, 0.1) is 6.92 Å². The maximum absolute atomic E-state index is 5.90. The van der Waals surface area contributed by atoms with Crippen molar-refractivity contribution in [2.45, 2.75) is 26.3 Å². The Morgan fingerprint density at radius 1 is 1.54 bits per heavy atom. The van der Waals surface area contributed by atoms with Crippen molar-refractivity contribution in [1.82, 2.24) is 14.8 Å². The molecule has 13 heavy (non-hydrogen) atoms. The third-order valence-electron chi connectivity index (χ3n) is 2.01. The first-order valence-corrected chi connectivity index (χ1v) is 6.00. The number of halogens is 1. The Kier molecular flexibility index (Phi) is 4.06. The molecule has 0 aliphatic carbocycles. The lowest BCUT2D eigenvalue weighted by Gasteiger charge is -2.13. The minimum absolute atomic E-state index is 0.384. The molecule has 0 bridgehead atoms. The Bertz CT molecular complexity index is 255. The zero-order chi connectivity index (χ0) is 9.84. The summed E-state index contributed by atoms with van der Waals surface area (Å²) in [7, 11) is 0. The quantitative estimate of drug-likeness (QED) is 0.780. The molecule has 0 N–H and O–H groups in total. The van der Waals surface area contributed by atoms with Crippen LogP contribution in [-0.2, 0) is 0 Å². The van der Waals surface area contributed by atoms with E-state index in [1.54, 1.807) is 0 Å². The van der Waals surface area contributed by atoms with Crippen LogP contribution in [0.3, 0.4) is 0 Å². The van der Waals surface area contributed by atoms with Gasteiger partial charge in [0.05, 0.1) is 0 Å². The van der Waals surface area contributed by atoms with E-state index < -0.39 is 0 Å². The first-order valence-electron chi connectivity index (χ1n) is 4.22. The maximum atomic E-state index is 5.90. The molecule has 0 amide bonds. The summed E-state index contributed by atoms with van der Waals surface area (Å²) >= 11 is 7.74. The summed E-state index contributed by atoms with van der Waals surface area (Å²) in [6.45, 7) is 4.06. The van der Waals surface area contributed by atoms with Crippen LogP contribution < -0.4 is 0 Å². The van der Waals surface area contributed by atoms with Gasteiger partial charge in [0.15, 0.2) is 0 Å². The fourth-order valence-electron chi connectivity index (χ4n) is 1.26. The van der Waals surface area contributed by atoms with Gasteiger partial charge in [-0.3, -0.25) is 4.57 Å². The fraction of sp³-hybridized carbons (Fsp3) is 0.750. The van der Waals surface area contributed by atoms with E-state index in [0.29, 0.717) is 11.3 Å². The van der Waals surface area contributed by atoms with Crippen LogP contribution in [0.1, 0.15) is 25.2 Å². The third kappa shape index (κ3) is 2.61. The Morgan fingerprint density at radius 2 is 2.23 bits per heavy atom. The van der Waals surface area contributed by atoms with E-state index in [1.165, 1.54) is 0 Å². The smallest absolute Gasteiger partial charge is 0.225 e. The lowest BCUT2D eigenvalue weighted by atomic mass is 10.2. The maximum Gasteiger partial charge on any atom is 0.225 e. The van der Waals surface area contributed by atoms with Gasteiger partial charge in [0.25, 0.3) is 0 Å². The topological polar surface area (TPSA) is 30.7 Å². The van der Waals surface area contributed by atoms with Crippen LogP contribution in [-0.4, -0.2) is 26.8 Å². The van der Waals surface area contributed by atoms with Crippen molar-refractivity contribution in [3.8, 4) is 0 Å². The van der Waals surface area contributed by atoms with E-state index in [-0.39, 0.29) is 0 Å². The van der Waals surface area contributed by atoms with Crippen molar-refractivity contribution in [1.29, 1.82) is 0 Å². The summed E-state index contributed by atoms with van der Waals surface area (Å²) in [6.07, 6.45) is 3.20. The highest BCUT2D eigenvalue weighted by Gasteiger charge is 2.12. The average Bonchev–Trinajstić information content (AvgIpc) is 2.42.